The van der Waals surface area contributed by atoms with Crippen LogP contribution in [-0.2, 0) is 9.63 Å². The van der Waals surface area contributed by atoms with E-state index in [4.69, 9.17) is 4.84 Å². The summed E-state index contributed by atoms with van der Waals surface area (Å²) < 4.78 is -0.569. The normalized spacial score (nSPS) is 12.4. The molecule has 1 aromatic rings. The summed E-state index contributed by atoms with van der Waals surface area (Å²) in [5, 5.41) is 3.86. The van der Waals surface area contributed by atoms with Gasteiger partial charge in [0.1, 0.15) is 4.75 Å². The monoisotopic (exact) mass is 251 g/mol. The fraction of sp³-hybridized carbons (Fsp3) is 0.385. The summed E-state index contributed by atoms with van der Waals surface area (Å²) >= 11 is 1.44. The Morgan fingerprint density at radius 1 is 1.29 bits per heavy atom. The van der Waals surface area contributed by atoms with Crippen LogP contribution in [0.3, 0.4) is 0 Å². The molecular weight excluding hydrogens is 234 g/mol. The Morgan fingerprint density at radius 3 is 2.41 bits per heavy atom. The zero-order valence-corrected chi connectivity index (χ0v) is 11.4. The smallest absolute Gasteiger partial charge is 0.316 e. The molecule has 1 rings (SSSR count). The van der Waals surface area contributed by atoms with Crippen molar-refractivity contribution in [2.75, 3.05) is 6.26 Å². The van der Waals surface area contributed by atoms with E-state index in [1.54, 1.807) is 0 Å². The second-order valence-electron chi connectivity index (χ2n) is 4.14. The summed E-state index contributed by atoms with van der Waals surface area (Å²) in [5.74, 6) is -0.333. The lowest BCUT2D eigenvalue weighted by Gasteiger charge is -2.17. The van der Waals surface area contributed by atoms with Crippen LogP contribution in [0.25, 0.3) is 0 Å². The van der Waals surface area contributed by atoms with E-state index < -0.39 is 4.75 Å². The molecular formula is C13H17NO2S. The standard InChI is InChI=1S/C13H17NO2S/c1-10(11-8-6-5-7-9-11)14-16-12(15)13(2,3)17-4/h5-9H,1-4H3/b14-10+. The van der Waals surface area contributed by atoms with Gasteiger partial charge in [-0.2, -0.15) is 0 Å². The first-order chi connectivity index (χ1) is 7.97. The summed E-state index contributed by atoms with van der Waals surface area (Å²) in [7, 11) is 0. The number of benzene rings is 1. The summed E-state index contributed by atoms with van der Waals surface area (Å²) in [6.45, 7) is 5.44. The number of oxime groups is 1. The Bertz CT molecular complexity index is 413. The number of hydrogen-bond acceptors (Lipinski definition) is 4. The first-order valence-corrected chi connectivity index (χ1v) is 6.56. The van der Waals surface area contributed by atoms with Crippen molar-refractivity contribution in [3.05, 3.63) is 35.9 Å². The van der Waals surface area contributed by atoms with Gasteiger partial charge in [-0.1, -0.05) is 35.5 Å². The molecule has 17 heavy (non-hydrogen) atoms. The van der Waals surface area contributed by atoms with Gasteiger partial charge >= 0.3 is 5.97 Å². The van der Waals surface area contributed by atoms with E-state index in [1.165, 1.54) is 11.8 Å². The molecule has 1 aromatic carbocycles. The number of rotatable bonds is 4. The zero-order chi connectivity index (χ0) is 12.9. The molecule has 0 N–H and O–H groups in total. The minimum absolute atomic E-state index is 0.333. The average molecular weight is 251 g/mol. The van der Waals surface area contributed by atoms with Gasteiger partial charge in [-0.25, -0.2) is 4.79 Å². The van der Waals surface area contributed by atoms with E-state index in [0.717, 1.165) is 5.56 Å². The first-order valence-electron chi connectivity index (χ1n) is 5.34. The predicted octanol–water partition coefficient (Wildman–Crippen LogP) is 3.10. The van der Waals surface area contributed by atoms with Crippen molar-refractivity contribution >= 4 is 23.4 Å². The maximum atomic E-state index is 11.7. The fourth-order valence-corrected chi connectivity index (χ4v) is 1.24. The zero-order valence-electron chi connectivity index (χ0n) is 10.6. The number of carbonyl (C=O) groups excluding carboxylic acids is 1. The van der Waals surface area contributed by atoms with Gasteiger partial charge in [-0.05, 0) is 32.6 Å². The molecule has 0 atom stereocenters. The van der Waals surface area contributed by atoms with Gasteiger partial charge < -0.3 is 4.84 Å². The molecule has 0 aromatic heterocycles. The van der Waals surface area contributed by atoms with Crippen LogP contribution in [0.15, 0.2) is 35.5 Å². The molecule has 92 valence electrons. The summed E-state index contributed by atoms with van der Waals surface area (Å²) in [6.07, 6.45) is 1.87. The minimum Gasteiger partial charge on any atom is -0.316 e. The van der Waals surface area contributed by atoms with Gasteiger partial charge in [-0.15, -0.1) is 11.8 Å². The Hall–Kier alpha value is -1.29. The molecule has 0 spiro atoms. The molecule has 0 saturated heterocycles. The first kappa shape index (κ1) is 13.8. The maximum Gasteiger partial charge on any atom is 0.350 e. The molecule has 0 unspecified atom stereocenters. The molecule has 4 heteroatoms. The van der Waals surface area contributed by atoms with E-state index in [0.29, 0.717) is 5.71 Å². The SMILES string of the molecule is CSC(C)(C)C(=O)O/N=C(\C)c1ccccc1. The number of hydrogen-bond donors (Lipinski definition) is 0. The van der Waals surface area contributed by atoms with Crippen LogP contribution in [0.1, 0.15) is 26.3 Å². The Balaban J connectivity index is 2.70. The van der Waals surface area contributed by atoms with Crippen molar-refractivity contribution in [2.45, 2.75) is 25.5 Å². The fourth-order valence-electron chi connectivity index (χ4n) is 1.04. The molecule has 0 aliphatic heterocycles. The topological polar surface area (TPSA) is 38.7 Å². The Morgan fingerprint density at radius 2 is 1.88 bits per heavy atom. The lowest BCUT2D eigenvalue weighted by atomic mass is 10.1. The van der Waals surface area contributed by atoms with Crippen LogP contribution in [0.2, 0.25) is 0 Å². The van der Waals surface area contributed by atoms with Gasteiger partial charge in [0.25, 0.3) is 0 Å². The highest BCUT2D eigenvalue weighted by Crippen LogP contribution is 2.22. The maximum absolute atomic E-state index is 11.7. The molecule has 0 bridgehead atoms. The number of carbonyl (C=O) groups is 1. The molecule has 0 heterocycles. The minimum atomic E-state index is -0.569. The molecule has 0 saturated carbocycles. The molecule has 3 nitrogen and oxygen atoms in total. The second-order valence-corrected chi connectivity index (χ2v) is 5.56. The largest absolute Gasteiger partial charge is 0.350 e. The van der Waals surface area contributed by atoms with Crippen molar-refractivity contribution in [1.29, 1.82) is 0 Å². The molecule has 0 radical (unpaired) electrons. The highest BCUT2D eigenvalue weighted by Gasteiger charge is 2.28. The van der Waals surface area contributed by atoms with Crippen LogP contribution in [0.4, 0.5) is 0 Å². The molecule has 0 aliphatic carbocycles. The number of thioether (sulfide) groups is 1. The highest BCUT2D eigenvalue weighted by atomic mass is 32.2. The van der Waals surface area contributed by atoms with Crippen molar-refractivity contribution in [3.8, 4) is 0 Å². The third-order valence-corrected chi connectivity index (χ3v) is 3.65. The van der Waals surface area contributed by atoms with Crippen LogP contribution in [0, 0.1) is 0 Å². The third kappa shape index (κ3) is 3.89. The number of nitrogens with zero attached hydrogens (tertiary/aromatic N) is 1. The van der Waals surface area contributed by atoms with E-state index in [-0.39, 0.29) is 5.97 Å². The lowest BCUT2D eigenvalue weighted by molar-refractivity contribution is -0.145. The van der Waals surface area contributed by atoms with Gasteiger partial charge in [-0.3, -0.25) is 0 Å². The van der Waals surface area contributed by atoms with Crippen molar-refractivity contribution in [2.24, 2.45) is 5.16 Å². The van der Waals surface area contributed by atoms with E-state index in [1.807, 2.05) is 57.4 Å². The Kier molecular flexibility index (Phi) is 4.75. The summed E-state index contributed by atoms with van der Waals surface area (Å²) in [5.41, 5.74) is 1.64. The highest BCUT2D eigenvalue weighted by molar-refractivity contribution is 8.00. The van der Waals surface area contributed by atoms with Crippen LogP contribution < -0.4 is 0 Å². The van der Waals surface area contributed by atoms with Crippen molar-refractivity contribution in [1.82, 2.24) is 0 Å². The van der Waals surface area contributed by atoms with Gasteiger partial charge in [0.05, 0.1) is 5.71 Å². The lowest BCUT2D eigenvalue weighted by Crippen LogP contribution is -2.28. The predicted molar refractivity (Wildman–Crippen MR) is 72.3 cm³/mol. The summed E-state index contributed by atoms with van der Waals surface area (Å²) in [4.78, 5) is 16.6. The van der Waals surface area contributed by atoms with E-state index in [9.17, 15) is 4.79 Å². The van der Waals surface area contributed by atoms with Crippen molar-refractivity contribution < 1.29 is 9.63 Å². The van der Waals surface area contributed by atoms with Gasteiger partial charge in [0, 0.05) is 0 Å². The van der Waals surface area contributed by atoms with Gasteiger partial charge in [0.15, 0.2) is 0 Å². The molecule has 0 fully saturated rings. The van der Waals surface area contributed by atoms with Crippen LogP contribution in [0.5, 0.6) is 0 Å². The molecule has 0 aliphatic rings. The van der Waals surface area contributed by atoms with Crippen LogP contribution in [-0.4, -0.2) is 22.7 Å². The Labute approximate surface area is 106 Å². The summed E-state index contributed by atoms with van der Waals surface area (Å²) in [6, 6.07) is 9.61. The van der Waals surface area contributed by atoms with Gasteiger partial charge in [0.2, 0.25) is 0 Å². The average Bonchev–Trinajstić information content (AvgIpc) is 2.36. The second kappa shape index (κ2) is 5.87. The third-order valence-electron chi connectivity index (χ3n) is 2.46. The van der Waals surface area contributed by atoms with E-state index in [2.05, 4.69) is 5.16 Å². The van der Waals surface area contributed by atoms with E-state index >= 15 is 0 Å². The van der Waals surface area contributed by atoms with Crippen molar-refractivity contribution in [3.63, 3.8) is 0 Å². The van der Waals surface area contributed by atoms with Crippen LogP contribution >= 0.6 is 11.8 Å². The quantitative estimate of drug-likeness (QED) is 0.469. The molecule has 0 amide bonds.